The van der Waals surface area contributed by atoms with Crippen molar-refractivity contribution in [3.8, 4) is 0 Å². The first kappa shape index (κ1) is 35.0. The van der Waals surface area contributed by atoms with Gasteiger partial charge in [-0.3, -0.25) is 4.79 Å². The van der Waals surface area contributed by atoms with Gasteiger partial charge in [0.15, 0.2) is 0 Å². The van der Waals surface area contributed by atoms with Crippen LogP contribution in [0.1, 0.15) is 33.1 Å². The first-order valence-electron chi connectivity index (χ1n) is 9.69. The highest BCUT2D eigenvalue weighted by Gasteiger charge is 2.95. The Hall–Kier alpha value is -1.98. The molecule has 0 N–H and O–H groups in total. The zero-order chi connectivity index (χ0) is 30.3. The van der Waals surface area contributed by atoms with E-state index in [0.717, 1.165) is 6.92 Å². The van der Waals surface area contributed by atoms with Crippen LogP contribution >= 0.6 is 0 Å². The van der Waals surface area contributed by atoms with Gasteiger partial charge in [0.05, 0.1) is 0 Å². The SMILES string of the molecule is C=C(C)C(=O)N(CCCC)CCC(F)(F)C(F)(F)C(F)(F)C(F)(F)C(F)(F)C(F)(F)C(F)(F)C(F)(F)F. The Morgan fingerprint density at radius 3 is 1.30 bits per heavy atom. The molecule has 220 valence electrons. The highest BCUT2D eigenvalue weighted by molar-refractivity contribution is 5.92. The fourth-order valence-electron chi connectivity index (χ4n) is 2.56. The van der Waals surface area contributed by atoms with Gasteiger partial charge >= 0.3 is 47.6 Å². The normalized spacial score (nSPS) is 15.1. The fourth-order valence-corrected chi connectivity index (χ4v) is 2.56. The van der Waals surface area contributed by atoms with Crippen LogP contribution in [0.2, 0.25) is 0 Å². The maximum Gasteiger partial charge on any atom is 0.460 e. The van der Waals surface area contributed by atoms with Gasteiger partial charge in [-0.1, -0.05) is 19.9 Å². The molecule has 0 saturated heterocycles. The van der Waals surface area contributed by atoms with Gasteiger partial charge in [-0.2, -0.15) is 74.6 Å². The van der Waals surface area contributed by atoms with Gasteiger partial charge in [-0.25, -0.2) is 0 Å². The minimum Gasteiger partial charge on any atom is -0.339 e. The number of halogens is 17. The Kier molecular flexibility index (Phi) is 9.75. The molecule has 0 fully saturated rings. The molecule has 0 aliphatic carbocycles. The van der Waals surface area contributed by atoms with Gasteiger partial charge in [0.2, 0.25) is 5.91 Å². The van der Waals surface area contributed by atoms with Crippen LogP contribution in [0.25, 0.3) is 0 Å². The summed E-state index contributed by atoms with van der Waals surface area (Å²) in [5.41, 5.74) is -0.407. The van der Waals surface area contributed by atoms with E-state index in [1.807, 2.05) is 0 Å². The average molecular weight is 587 g/mol. The Morgan fingerprint density at radius 2 is 0.973 bits per heavy atom. The number of hydrogen-bond donors (Lipinski definition) is 0. The lowest BCUT2D eigenvalue weighted by molar-refractivity contribution is -0.461. The molecule has 0 aliphatic heterocycles. The number of alkyl halides is 17. The summed E-state index contributed by atoms with van der Waals surface area (Å²) in [6, 6.07) is 0. The molecule has 1 amide bonds. The second-order valence-corrected chi connectivity index (χ2v) is 7.82. The topological polar surface area (TPSA) is 20.3 Å². The maximum atomic E-state index is 14.0. The van der Waals surface area contributed by atoms with Gasteiger partial charge in [-0.05, 0) is 13.3 Å². The van der Waals surface area contributed by atoms with Crippen LogP contribution in [0, 0.1) is 0 Å². The molecule has 0 heterocycles. The van der Waals surface area contributed by atoms with E-state index in [2.05, 4.69) is 6.58 Å². The molecule has 0 radical (unpaired) electrons. The minimum absolute atomic E-state index is 0.00998. The summed E-state index contributed by atoms with van der Waals surface area (Å²) in [6.07, 6.45) is -10.3. The molecule has 0 atom stereocenters. The van der Waals surface area contributed by atoms with Gasteiger partial charge < -0.3 is 4.90 Å². The molecule has 0 aromatic carbocycles. The van der Waals surface area contributed by atoms with Crippen molar-refractivity contribution in [3.63, 3.8) is 0 Å². The summed E-state index contributed by atoms with van der Waals surface area (Å²) in [7, 11) is 0. The van der Waals surface area contributed by atoms with Crippen LogP contribution in [0.5, 0.6) is 0 Å². The maximum absolute atomic E-state index is 14.0. The van der Waals surface area contributed by atoms with Crippen molar-refractivity contribution in [1.82, 2.24) is 4.90 Å². The number of carbonyl (C=O) groups excluding carboxylic acids is 1. The summed E-state index contributed by atoms with van der Waals surface area (Å²) in [5, 5.41) is 0. The summed E-state index contributed by atoms with van der Waals surface area (Å²) >= 11 is 0. The summed E-state index contributed by atoms with van der Waals surface area (Å²) in [6.45, 7) is 3.42. The molecule has 0 saturated carbocycles. The van der Waals surface area contributed by atoms with Crippen molar-refractivity contribution >= 4 is 5.91 Å². The summed E-state index contributed by atoms with van der Waals surface area (Å²) < 4.78 is 226. The van der Waals surface area contributed by atoms with Crippen molar-refractivity contribution in [2.75, 3.05) is 13.1 Å². The summed E-state index contributed by atoms with van der Waals surface area (Å²) in [4.78, 5) is 12.2. The van der Waals surface area contributed by atoms with E-state index < -0.39 is 78.6 Å². The van der Waals surface area contributed by atoms with Crippen LogP contribution in [0.4, 0.5) is 74.6 Å². The molecule has 2 nitrogen and oxygen atoms in total. The predicted octanol–water partition coefficient (Wildman–Crippen LogP) is 7.59. The lowest BCUT2D eigenvalue weighted by Crippen LogP contribution is -2.74. The molecular weight excluding hydrogens is 569 g/mol. The number of rotatable bonds is 13. The number of amides is 1. The van der Waals surface area contributed by atoms with Crippen LogP contribution in [-0.4, -0.2) is 71.5 Å². The third-order valence-corrected chi connectivity index (χ3v) is 4.92. The highest BCUT2D eigenvalue weighted by atomic mass is 19.4. The van der Waals surface area contributed by atoms with Crippen molar-refractivity contribution in [2.24, 2.45) is 0 Å². The lowest BCUT2D eigenvalue weighted by atomic mass is 9.88. The second kappa shape index (κ2) is 10.3. The molecule has 0 spiro atoms. The molecule has 0 rings (SSSR count). The lowest BCUT2D eigenvalue weighted by Gasteiger charge is -2.43. The molecule has 0 unspecified atom stereocenters. The van der Waals surface area contributed by atoms with E-state index in [4.69, 9.17) is 0 Å². The van der Waals surface area contributed by atoms with E-state index in [1.54, 1.807) is 0 Å². The largest absolute Gasteiger partial charge is 0.460 e. The van der Waals surface area contributed by atoms with E-state index in [0.29, 0.717) is 4.90 Å². The van der Waals surface area contributed by atoms with Crippen LogP contribution in [0.3, 0.4) is 0 Å². The molecule has 19 heteroatoms. The second-order valence-electron chi connectivity index (χ2n) is 7.82. The van der Waals surface area contributed by atoms with Crippen LogP contribution < -0.4 is 0 Å². The molecular formula is C18H18F17NO. The van der Waals surface area contributed by atoms with Crippen molar-refractivity contribution < 1.29 is 79.4 Å². The Bertz CT molecular complexity index is 831. The van der Waals surface area contributed by atoms with Crippen molar-refractivity contribution in [2.45, 2.75) is 80.7 Å². The fraction of sp³-hybridized carbons (Fsp3) is 0.833. The van der Waals surface area contributed by atoms with E-state index in [1.165, 1.54) is 6.92 Å². The molecule has 37 heavy (non-hydrogen) atoms. The monoisotopic (exact) mass is 587 g/mol. The van der Waals surface area contributed by atoms with Crippen molar-refractivity contribution in [3.05, 3.63) is 12.2 Å². The van der Waals surface area contributed by atoms with Gasteiger partial charge in [0, 0.05) is 25.1 Å². The number of nitrogens with zero attached hydrogens (tertiary/aromatic N) is 1. The Morgan fingerprint density at radius 1 is 0.622 bits per heavy atom. The standard InChI is InChI=1S/C18H18F17NO/c1-4-5-7-36(10(37)9(2)3)8-6-11(19,20)12(21,22)13(23,24)14(25,26)15(27,28)16(29,30)17(31,32)18(33,34)35/h2,4-8H2,1,3H3. The average Bonchev–Trinajstić information content (AvgIpc) is 2.71. The third kappa shape index (κ3) is 5.59. The Balaban J connectivity index is 6.48. The predicted molar refractivity (Wildman–Crippen MR) is 91.6 cm³/mol. The number of carbonyl (C=O) groups is 1. The molecule has 0 aliphatic rings. The molecule has 0 bridgehead atoms. The third-order valence-electron chi connectivity index (χ3n) is 4.92. The van der Waals surface area contributed by atoms with Gasteiger partial charge in [0.1, 0.15) is 0 Å². The summed E-state index contributed by atoms with van der Waals surface area (Å²) in [5.74, 6) is -57.8. The molecule has 0 aromatic rings. The van der Waals surface area contributed by atoms with E-state index in [9.17, 15) is 79.4 Å². The van der Waals surface area contributed by atoms with Gasteiger partial charge in [-0.15, -0.1) is 0 Å². The van der Waals surface area contributed by atoms with Gasteiger partial charge in [0.25, 0.3) is 0 Å². The van der Waals surface area contributed by atoms with Crippen LogP contribution in [0.15, 0.2) is 12.2 Å². The Labute approximate surface area is 197 Å². The van der Waals surface area contributed by atoms with E-state index in [-0.39, 0.29) is 12.8 Å². The first-order chi connectivity index (χ1) is 16.0. The van der Waals surface area contributed by atoms with E-state index >= 15 is 0 Å². The quantitative estimate of drug-likeness (QED) is 0.161. The highest BCUT2D eigenvalue weighted by Crippen LogP contribution is 2.64. The minimum atomic E-state index is -8.66. The van der Waals surface area contributed by atoms with Crippen LogP contribution in [-0.2, 0) is 4.79 Å². The van der Waals surface area contributed by atoms with Crippen molar-refractivity contribution in [1.29, 1.82) is 0 Å². The number of unbranched alkanes of at least 4 members (excludes halogenated alkanes) is 1. The number of hydrogen-bond acceptors (Lipinski definition) is 1. The molecule has 0 aromatic heterocycles. The first-order valence-corrected chi connectivity index (χ1v) is 9.69. The smallest absolute Gasteiger partial charge is 0.339 e. The zero-order valence-corrected chi connectivity index (χ0v) is 18.5. The zero-order valence-electron chi connectivity index (χ0n) is 18.5.